The van der Waals surface area contributed by atoms with Crippen LogP contribution >= 0.6 is 0 Å². The van der Waals surface area contributed by atoms with Crippen molar-refractivity contribution in [2.45, 2.75) is 20.4 Å². The molecule has 1 rings (SSSR count). The molecule has 16 heavy (non-hydrogen) atoms. The van der Waals surface area contributed by atoms with Crippen LogP contribution in [0.2, 0.25) is 0 Å². The number of aryl methyl sites for hydroxylation is 1. The molecule has 0 radical (unpaired) electrons. The van der Waals surface area contributed by atoms with E-state index < -0.39 is 0 Å². The van der Waals surface area contributed by atoms with Crippen LogP contribution in [0.4, 0.5) is 0 Å². The van der Waals surface area contributed by atoms with E-state index in [0.29, 0.717) is 19.7 Å². The summed E-state index contributed by atoms with van der Waals surface area (Å²) < 4.78 is 6.67. The molecule has 0 saturated carbocycles. The van der Waals surface area contributed by atoms with Crippen molar-refractivity contribution in [1.29, 1.82) is 0 Å². The molecule has 0 aliphatic heterocycles. The van der Waals surface area contributed by atoms with Gasteiger partial charge in [-0.2, -0.15) is 5.10 Å². The Bertz CT molecular complexity index is 336. The standard InChI is InChI=1S/C11H19N3O2/c1-4-14(9-11(15)16-5-2)8-10-6-7-13(3)12-10/h6-7H,4-5,8-9H2,1-3H3. The number of hydrogen-bond acceptors (Lipinski definition) is 4. The number of carbonyl (C=O) groups is 1. The molecule has 0 aliphatic carbocycles. The van der Waals surface area contributed by atoms with Crippen molar-refractivity contribution in [3.8, 4) is 0 Å². The molecule has 1 heterocycles. The van der Waals surface area contributed by atoms with E-state index in [9.17, 15) is 4.79 Å². The molecule has 1 aromatic heterocycles. The van der Waals surface area contributed by atoms with Gasteiger partial charge in [0.15, 0.2) is 0 Å². The molecule has 0 N–H and O–H groups in total. The van der Waals surface area contributed by atoms with E-state index in [-0.39, 0.29) is 5.97 Å². The monoisotopic (exact) mass is 225 g/mol. The molecular formula is C11H19N3O2. The number of likely N-dealkylation sites (N-methyl/N-ethyl adjacent to an activating group) is 1. The van der Waals surface area contributed by atoms with Crippen LogP contribution in [0.15, 0.2) is 12.3 Å². The van der Waals surface area contributed by atoms with Gasteiger partial charge in [0.25, 0.3) is 0 Å². The Morgan fingerprint density at radius 2 is 2.31 bits per heavy atom. The number of esters is 1. The van der Waals surface area contributed by atoms with Gasteiger partial charge in [-0.25, -0.2) is 0 Å². The molecule has 0 unspecified atom stereocenters. The molecule has 1 aromatic rings. The largest absolute Gasteiger partial charge is 0.465 e. The van der Waals surface area contributed by atoms with Gasteiger partial charge in [0.05, 0.1) is 18.8 Å². The predicted octanol–water partition coefficient (Wildman–Crippen LogP) is 0.805. The molecular weight excluding hydrogens is 206 g/mol. The molecule has 0 aromatic carbocycles. The Morgan fingerprint density at radius 3 is 2.81 bits per heavy atom. The summed E-state index contributed by atoms with van der Waals surface area (Å²) in [5, 5.41) is 4.27. The van der Waals surface area contributed by atoms with E-state index in [4.69, 9.17) is 4.74 Å². The topological polar surface area (TPSA) is 47.4 Å². The van der Waals surface area contributed by atoms with Gasteiger partial charge in [0.2, 0.25) is 0 Å². The highest BCUT2D eigenvalue weighted by atomic mass is 16.5. The van der Waals surface area contributed by atoms with Crippen molar-refractivity contribution < 1.29 is 9.53 Å². The van der Waals surface area contributed by atoms with Crippen LogP contribution in [-0.2, 0) is 23.1 Å². The van der Waals surface area contributed by atoms with E-state index in [0.717, 1.165) is 12.2 Å². The van der Waals surface area contributed by atoms with Gasteiger partial charge in [0, 0.05) is 19.8 Å². The third-order valence-corrected chi connectivity index (χ3v) is 2.26. The fraction of sp³-hybridized carbons (Fsp3) is 0.636. The second-order valence-corrected chi connectivity index (χ2v) is 3.59. The van der Waals surface area contributed by atoms with Gasteiger partial charge >= 0.3 is 5.97 Å². The summed E-state index contributed by atoms with van der Waals surface area (Å²) in [6, 6.07) is 1.95. The maximum atomic E-state index is 11.3. The Balaban J connectivity index is 2.45. The second kappa shape index (κ2) is 6.27. The van der Waals surface area contributed by atoms with Crippen LogP contribution in [0.5, 0.6) is 0 Å². The summed E-state index contributed by atoms with van der Waals surface area (Å²) in [7, 11) is 1.88. The zero-order valence-electron chi connectivity index (χ0n) is 10.1. The fourth-order valence-electron chi connectivity index (χ4n) is 1.45. The minimum Gasteiger partial charge on any atom is -0.465 e. The number of nitrogens with zero attached hydrogens (tertiary/aromatic N) is 3. The molecule has 0 fully saturated rings. The normalized spacial score (nSPS) is 10.8. The van der Waals surface area contributed by atoms with E-state index in [2.05, 4.69) is 5.10 Å². The minimum atomic E-state index is -0.180. The summed E-state index contributed by atoms with van der Waals surface area (Å²) in [4.78, 5) is 13.3. The van der Waals surface area contributed by atoms with Crippen LogP contribution in [-0.4, -0.2) is 40.3 Å². The van der Waals surface area contributed by atoms with Gasteiger partial charge in [-0.15, -0.1) is 0 Å². The van der Waals surface area contributed by atoms with E-state index >= 15 is 0 Å². The third kappa shape index (κ3) is 4.02. The first-order chi connectivity index (χ1) is 7.65. The average Bonchev–Trinajstić information content (AvgIpc) is 2.63. The Hall–Kier alpha value is -1.36. The van der Waals surface area contributed by atoms with Crippen LogP contribution in [0.3, 0.4) is 0 Å². The first-order valence-corrected chi connectivity index (χ1v) is 5.52. The molecule has 0 atom stereocenters. The van der Waals surface area contributed by atoms with Gasteiger partial charge in [-0.3, -0.25) is 14.4 Å². The lowest BCUT2D eigenvalue weighted by atomic mass is 10.3. The smallest absolute Gasteiger partial charge is 0.320 e. The summed E-state index contributed by atoms with van der Waals surface area (Å²) in [5.74, 6) is -0.180. The summed E-state index contributed by atoms with van der Waals surface area (Å²) in [5.41, 5.74) is 0.966. The molecule has 0 amide bonds. The van der Waals surface area contributed by atoms with Crippen molar-refractivity contribution in [1.82, 2.24) is 14.7 Å². The average molecular weight is 225 g/mol. The molecule has 0 spiro atoms. The molecule has 0 bridgehead atoms. The molecule has 90 valence electrons. The highest BCUT2D eigenvalue weighted by Gasteiger charge is 2.11. The van der Waals surface area contributed by atoms with Crippen LogP contribution in [0.25, 0.3) is 0 Å². The van der Waals surface area contributed by atoms with Crippen LogP contribution in [0.1, 0.15) is 19.5 Å². The highest BCUT2D eigenvalue weighted by Crippen LogP contribution is 2.01. The van der Waals surface area contributed by atoms with Crippen molar-refractivity contribution in [2.24, 2.45) is 7.05 Å². The number of rotatable bonds is 6. The van der Waals surface area contributed by atoms with Gasteiger partial charge in [0.1, 0.15) is 0 Å². The summed E-state index contributed by atoms with van der Waals surface area (Å²) in [6.45, 7) is 6.06. The van der Waals surface area contributed by atoms with Crippen molar-refractivity contribution in [2.75, 3.05) is 19.7 Å². The lowest BCUT2D eigenvalue weighted by molar-refractivity contribution is -0.144. The lowest BCUT2D eigenvalue weighted by Crippen LogP contribution is -2.30. The zero-order chi connectivity index (χ0) is 12.0. The first kappa shape index (κ1) is 12.7. The fourth-order valence-corrected chi connectivity index (χ4v) is 1.45. The first-order valence-electron chi connectivity index (χ1n) is 5.52. The van der Waals surface area contributed by atoms with Gasteiger partial charge in [-0.1, -0.05) is 6.92 Å². The zero-order valence-corrected chi connectivity index (χ0v) is 10.1. The summed E-state index contributed by atoms with van der Waals surface area (Å²) in [6.07, 6.45) is 1.90. The maximum Gasteiger partial charge on any atom is 0.320 e. The number of hydrogen-bond donors (Lipinski definition) is 0. The van der Waals surface area contributed by atoms with Gasteiger partial charge < -0.3 is 4.74 Å². The Kier molecular flexibility index (Phi) is 4.98. The highest BCUT2D eigenvalue weighted by molar-refractivity contribution is 5.71. The van der Waals surface area contributed by atoms with E-state index in [1.54, 1.807) is 4.68 Å². The van der Waals surface area contributed by atoms with Crippen molar-refractivity contribution in [3.63, 3.8) is 0 Å². The number of aromatic nitrogens is 2. The minimum absolute atomic E-state index is 0.180. The molecule has 0 aliphatic rings. The second-order valence-electron chi connectivity index (χ2n) is 3.59. The quantitative estimate of drug-likeness (QED) is 0.672. The van der Waals surface area contributed by atoms with Gasteiger partial charge in [-0.05, 0) is 19.5 Å². The molecule has 0 saturated heterocycles. The van der Waals surface area contributed by atoms with Crippen LogP contribution < -0.4 is 0 Å². The Labute approximate surface area is 96.0 Å². The lowest BCUT2D eigenvalue weighted by Gasteiger charge is -2.17. The molecule has 5 nitrogen and oxygen atoms in total. The number of carbonyl (C=O) groups excluding carboxylic acids is 1. The SMILES string of the molecule is CCOC(=O)CN(CC)Cc1ccn(C)n1. The van der Waals surface area contributed by atoms with Crippen LogP contribution in [0, 0.1) is 0 Å². The molecule has 5 heteroatoms. The third-order valence-electron chi connectivity index (χ3n) is 2.26. The predicted molar refractivity (Wildman–Crippen MR) is 60.8 cm³/mol. The Morgan fingerprint density at radius 1 is 1.56 bits per heavy atom. The number of ether oxygens (including phenoxy) is 1. The van der Waals surface area contributed by atoms with Crippen molar-refractivity contribution >= 4 is 5.97 Å². The maximum absolute atomic E-state index is 11.3. The van der Waals surface area contributed by atoms with Crippen molar-refractivity contribution in [3.05, 3.63) is 18.0 Å². The summed E-state index contributed by atoms with van der Waals surface area (Å²) >= 11 is 0. The van der Waals surface area contributed by atoms with E-state index in [1.807, 2.05) is 38.1 Å². The van der Waals surface area contributed by atoms with E-state index in [1.165, 1.54) is 0 Å².